The summed E-state index contributed by atoms with van der Waals surface area (Å²) in [5.41, 5.74) is 1.72. The molecule has 2 aromatic heterocycles. The summed E-state index contributed by atoms with van der Waals surface area (Å²) >= 11 is 0. The van der Waals surface area contributed by atoms with Crippen LogP contribution in [0, 0.1) is 0 Å². The third-order valence-corrected chi connectivity index (χ3v) is 3.52. The number of hydrogen-bond acceptors (Lipinski definition) is 8. The van der Waals surface area contributed by atoms with Crippen LogP contribution in [0.15, 0.2) is 41.1 Å². The maximum atomic E-state index is 5.60. The molecule has 0 spiro atoms. The topological polar surface area (TPSA) is 91.5 Å². The van der Waals surface area contributed by atoms with Crippen LogP contribution in [0.3, 0.4) is 0 Å². The van der Waals surface area contributed by atoms with Crippen LogP contribution in [-0.4, -0.2) is 36.5 Å². The second-order valence-electron chi connectivity index (χ2n) is 5.04. The predicted molar refractivity (Wildman–Crippen MR) is 91.0 cm³/mol. The van der Waals surface area contributed by atoms with Gasteiger partial charge >= 0.3 is 6.01 Å². The van der Waals surface area contributed by atoms with Gasteiger partial charge in [0, 0.05) is 24.5 Å². The molecule has 3 rings (SSSR count). The molecule has 0 unspecified atom stereocenters. The number of hydrogen-bond donors (Lipinski definition) is 1. The second-order valence-corrected chi connectivity index (χ2v) is 5.04. The van der Waals surface area contributed by atoms with Crippen LogP contribution < -0.4 is 19.5 Å². The Hall–Kier alpha value is -3.29. The van der Waals surface area contributed by atoms with Gasteiger partial charge in [0.25, 0.3) is 0 Å². The van der Waals surface area contributed by atoms with Gasteiger partial charge in [0.05, 0.1) is 21.3 Å². The predicted octanol–water partition coefficient (Wildman–Crippen LogP) is 2.77. The number of aromatic nitrogens is 3. The Balaban J connectivity index is 1.75. The first-order valence-corrected chi connectivity index (χ1v) is 7.51. The van der Waals surface area contributed by atoms with Crippen molar-refractivity contribution < 1.29 is 18.6 Å². The Bertz CT molecular complexity index is 811. The summed E-state index contributed by atoms with van der Waals surface area (Å²) < 4.78 is 21.6. The van der Waals surface area contributed by atoms with Crippen molar-refractivity contribution in [1.82, 2.24) is 15.2 Å². The maximum Gasteiger partial charge on any atom is 0.316 e. The van der Waals surface area contributed by atoms with Crippen LogP contribution in [0.4, 0.5) is 6.01 Å². The van der Waals surface area contributed by atoms with Gasteiger partial charge in [0.15, 0.2) is 11.5 Å². The van der Waals surface area contributed by atoms with Gasteiger partial charge in [-0.1, -0.05) is 5.10 Å². The first-order valence-electron chi connectivity index (χ1n) is 7.51. The van der Waals surface area contributed by atoms with Crippen molar-refractivity contribution in [2.75, 3.05) is 26.6 Å². The lowest BCUT2D eigenvalue weighted by Crippen LogP contribution is -2.02. The molecule has 0 bridgehead atoms. The van der Waals surface area contributed by atoms with E-state index in [0.717, 1.165) is 11.1 Å². The molecule has 0 aliphatic carbocycles. The molecule has 1 N–H and O–H groups in total. The molecule has 8 heteroatoms. The van der Waals surface area contributed by atoms with Crippen molar-refractivity contribution in [1.29, 1.82) is 0 Å². The fourth-order valence-corrected chi connectivity index (χ4v) is 2.32. The van der Waals surface area contributed by atoms with Crippen LogP contribution in [0.2, 0.25) is 0 Å². The Morgan fingerprint density at radius 2 is 1.64 bits per heavy atom. The van der Waals surface area contributed by atoms with Gasteiger partial charge in [-0.25, -0.2) is 0 Å². The van der Waals surface area contributed by atoms with Gasteiger partial charge in [0.2, 0.25) is 11.6 Å². The van der Waals surface area contributed by atoms with E-state index in [2.05, 4.69) is 20.5 Å². The summed E-state index contributed by atoms with van der Waals surface area (Å²) in [6.07, 6.45) is 3.34. The van der Waals surface area contributed by atoms with E-state index in [1.807, 2.05) is 12.1 Å². The summed E-state index contributed by atoms with van der Waals surface area (Å²) in [5, 5.41) is 11.1. The lowest BCUT2D eigenvalue weighted by atomic mass is 10.2. The van der Waals surface area contributed by atoms with E-state index in [0.29, 0.717) is 35.7 Å². The smallest absolute Gasteiger partial charge is 0.316 e. The van der Waals surface area contributed by atoms with Gasteiger partial charge in [-0.05, 0) is 29.8 Å². The van der Waals surface area contributed by atoms with Gasteiger partial charge in [-0.3, -0.25) is 4.98 Å². The Labute approximate surface area is 144 Å². The summed E-state index contributed by atoms with van der Waals surface area (Å²) in [5.74, 6) is 2.14. The molecule has 0 atom stereocenters. The van der Waals surface area contributed by atoms with E-state index >= 15 is 0 Å². The quantitative estimate of drug-likeness (QED) is 0.701. The second kappa shape index (κ2) is 7.52. The molecule has 1 aromatic carbocycles. The van der Waals surface area contributed by atoms with E-state index in [9.17, 15) is 0 Å². The Morgan fingerprint density at radius 1 is 0.960 bits per heavy atom. The molecule has 25 heavy (non-hydrogen) atoms. The van der Waals surface area contributed by atoms with Crippen LogP contribution >= 0.6 is 0 Å². The normalized spacial score (nSPS) is 10.4. The number of nitrogens with zero attached hydrogens (tertiary/aromatic N) is 3. The largest absolute Gasteiger partial charge is 0.493 e. The number of nitrogens with one attached hydrogen (secondary N) is 1. The number of benzene rings is 1. The summed E-state index contributed by atoms with van der Waals surface area (Å²) in [7, 11) is 4.72. The van der Waals surface area contributed by atoms with Gasteiger partial charge < -0.3 is 23.9 Å². The molecule has 0 aliphatic rings. The van der Waals surface area contributed by atoms with Crippen molar-refractivity contribution >= 4 is 6.01 Å². The average Bonchev–Trinajstić information content (AvgIpc) is 3.15. The van der Waals surface area contributed by atoms with Crippen LogP contribution in [0.25, 0.3) is 11.5 Å². The minimum atomic E-state index is 0.320. The lowest BCUT2D eigenvalue weighted by molar-refractivity contribution is 0.324. The SMILES string of the molecule is COc1cc(CNc2nnc(-c3ccncc3)o2)cc(OC)c1OC. The van der Waals surface area contributed by atoms with Crippen molar-refractivity contribution in [3.63, 3.8) is 0 Å². The van der Waals surface area contributed by atoms with Crippen LogP contribution in [-0.2, 0) is 6.54 Å². The first-order chi connectivity index (χ1) is 12.2. The molecule has 0 radical (unpaired) electrons. The molecule has 130 valence electrons. The zero-order valence-corrected chi connectivity index (χ0v) is 14.1. The van der Waals surface area contributed by atoms with E-state index in [1.54, 1.807) is 45.9 Å². The van der Waals surface area contributed by atoms with E-state index in [4.69, 9.17) is 18.6 Å². The summed E-state index contributed by atoms with van der Waals surface area (Å²) in [6, 6.07) is 7.64. The average molecular weight is 342 g/mol. The fraction of sp³-hybridized carbons (Fsp3) is 0.235. The van der Waals surface area contributed by atoms with Gasteiger partial charge in [-0.2, -0.15) is 0 Å². The fourth-order valence-electron chi connectivity index (χ4n) is 2.32. The molecular weight excluding hydrogens is 324 g/mol. The van der Waals surface area contributed by atoms with Crippen molar-refractivity contribution in [3.8, 4) is 28.7 Å². The molecule has 0 fully saturated rings. The Kier molecular flexibility index (Phi) is 4.98. The van der Waals surface area contributed by atoms with Crippen LogP contribution in [0.5, 0.6) is 17.2 Å². The van der Waals surface area contributed by atoms with Gasteiger partial charge in [0.1, 0.15) is 0 Å². The highest BCUT2D eigenvalue weighted by atomic mass is 16.5. The minimum Gasteiger partial charge on any atom is -0.493 e. The van der Waals surface area contributed by atoms with Crippen LogP contribution in [0.1, 0.15) is 5.56 Å². The highest BCUT2D eigenvalue weighted by Gasteiger charge is 2.14. The summed E-state index contributed by atoms with van der Waals surface area (Å²) in [4.78, 5) is 3.96. The summed E-state index contributed by atoms with van der Waals surface area (Å²) in [6.45, 7) is 0.453. The van der Waals surface area contributed by atoms with Gasteiger partial charge in [-0.15, -0.1) is 5.10 Å². The maximum absolute atomic E-state index is 5.60. The molecule has 8 nitrogen and oxygen atoms in total. The molecule has 2 heterocycles. The molecule has 0 saturated carbocycles. The van der Waals surface area contributed by atoms with Crippen molar-refractivity contribution in [2.24, 2.45) is 0 Å². The minimum absolute atomic E-state index is 0.320. The molecule has 0 saturated heterocycles. The zero-order chi connectivity index (χ0) is 17.6. The van der Waals surface area contributed by atoms with Crippen molar-refractivity contribution in [2.45, 2.75) is 6.54 Å². The highest BCUT2D eigenvalue weighted by molar-refractivity contribution is 5.54. The van der Waals surface area contributed by atoms with E-state index in [1.165, 1.54) is 0 Å². The van der Waals surface area contributed by atoms with Crippen molar-refractivity contribution in [3.05, 3.63) is 42.2 Å². The molecule has 0 amide bonds. The number of rotatable bonds is 7. The molecule has 3 aromatic rings. The first kappa shape index (κ1) is 16.6. The Morgan fingerprint density at radius 3 is 2.24 bits per heavy atom. The lowest BCUT2D eigenvalue weighted by Gasteiger charge is -2.14. The standard InChI is InChI=1S/C17H18N4O4/c1-22-13-8-11(9-14(23-2)15(13)24-3)10-19-17-21-20-16(25-17)12-4-6-18-7-5-12/h4-9H,10H2,1-3H3,(H,19,21). The third kappa shape index (κ3) is 3.63. The highest BCUT2D eigenvalue weighted by Crippen LogP contribution is 2.38. The molecule has 0 aliphatic heterocycles. The van der Waals surface area contributed by atoms with E-state index < -0.39 is 0 Å². The number of pyridine rings is 1. The number of ether oxygens (including phenoxy) is 3. The zero-order valence-electron chi connectivity index (χ0n) is 14.1. The monoisotopic (exact) mass is 342 g/mol. The van der Waals surface area contributed by atoms with E-state index in [-0.39, 0.29) is 0 Å². The third-order valence-electron chi connectivity index (χ3n) is 3.52. The number of methoxy groups -OCH3 is 3. The number of anilines is 1. The molecular formula is C17H18N4O4.